The molecule has 23 heavy (non-hydrogen) atoms. The highest BCUT2D eigenvalue weighted by molar-refractivity contribution is 9.10. The molecule has 0 saturated heterocycles. The summed E-state index contributed by atoms with van der Waals surface area (Å²) in [5.41, 5.74) is 0.206. The molecule has 1 aromatic carbocycles. The van der Waals surface area contributed by atoms with Gasteiger partial charge in [-0.3, -0.25) is 9.78 Å². The third-order valence-corrected chi connectivity index (χ3v) is 3.15. The lowest BCUT2D eigenvalue weighted by Crippen LogP contribution is -2.29. The fourth-order valence-corrected chi connectivity index (χ4v) is 1.82. The number of esters is 1. The molecule has 1 aromatic heterocycles. The first kappa shape index (κ1) is 16.9. The Hall–Kier alpha value is -2.48. The summed E-state index contributed by atoms with van der Waals surface area (Å²) in [6.45, 7) is 0.0354. The molecule has 2 aromatic rings. The van der Waals surface area contributed by atoms with Gasteiger partial charge in [-0.1, -0.05) is 15.9 Å². The van der Waals surface area contributed by atoms with Gasteiger partial charge in [0.05, 0.1) is 12.7 Å². The fourth-order valence-electron chi connectivity index (χ4n) is 1.55. The van der Waals surface area contributed by atoms with E-state index >= 15 is 0 Å². The van der Waals surface area contributed by atoms with Crippen LogP contribution < -0.4 is 10.1 Å². The summed E-state index contributed by atoms with van der Waals surface area (Å²) in [4.78, 5) is 30.8. The van der Waals surface area contributed by atoms with Gasteiger partial charge in [0, 0.05) is 16.9 Å². The van der Waals surface area contributed by atoms with E-state index in [1.165, 1.54) is 18.6 Å². The van der Waals surface area contributed by atoms with Gasteiger partial charge in [0.25, 0.3) is 5.91 Å². The van der Waals surface area contributed by atoms with Gasteiger partial charge in [-0.25, -0.2) is 9.78 Å². The minimum Gasteiger partial charge on any atom is -0.482 e. The van der Waals surface area contributed by atoms with E-state index in [1.807, 2.05) is 12.1 Å². The molecule has 0 spiro atoms. The summed E-state index contributed by atoms with van der Waals surface area (Å²) >= 11 is 3.31. The minimum absolute atomic E-state index is 0.0501. The summed E-state index contributed by atoms with van der Waals surface area (Å²) in [6, 6.07) is 7.09. The maximum Gasteiger partial charge on any atom is 0.344 e. The summed E-state index contributed by atoms with van der Waals surface area (Å²) in [5, 5.41) is 2.57. The molecule has 0 saturated carbocycles. The van der Waals surface area contributed by atoms with Crippen LogP contribution in [0.25, 0.3) is 0 Å². The topological polar surface area (TPSA) is 90.4 Å². The molecule has 120 valence electrons. The van der Waals surface area contributed by atoms with E-state index in [4.69, 9.17) is 9.47 Å². The van der Waals surface area contributed by atoms with Gasteiger partial charge in [-0.05, 0) is 24.3 Å². The smallest absolute Gasteiger partial charge is 0.344 e. The second-order valence-electron chi connectivity index (χ2n) is 4.31. The number of nitrogens with zero attached hydrogens (tertiary/aromatic N) is 2. The SMILES string of the molecule is O=C(COc1ccc(Br)cc1)OCCNC(=O)c1cnccn1. The van der Waals surface area contributed by atoms with Crippen molar-refractivity contribution in [2.45, 2.75) is 0 Å². The van der Waals surface area contributed by atoms with Crippen LogP contribution in [0.3, 0.4) is 0 Å². The second-order valence-corrected chi connectivity index (χ2v) is 5.23. The maximum absolute atomic E-state index is 11.6. The Labute approximate surface area is 141 Å². The fraction of sp³-hybridized carbons (Fsp3) is 0.200. The Kier molecular flexibility index (Phi) is 6.49. The van der Waals surface area contributed by atoms with Gasteiger partial charge in [0.2, 0.25) is 0 Å². The van der Waals surface area contributed by atoms with E-state index in [1.54, 1.807) is 12.1 Å². The van der Waals surface area contributed by atoms with Crippen molar-refractivity contribution in [2.24, 2.45) is 0 Å². The summed E-state index contributed by atoms with van der Waals surface area (Å²) in [6.07, 6.45) is 4.26. The molecule has 0 aliphatic carbocycles. The molecule has 1 amide bonds. The number of ether oxygens (including phenoxy) is 2. The Bertz CT molecular complexity index is 650. The van der Waals surface area contributed by atoms with Gasteiger partial charge >= 0.3 is 5.97 Å². The van der Waals surface area contributed by atoms with E-state index in [9.17, 15) is 9.59 Å². The second kappa shape index (κ2) is 8.84. The average Bonchev–Trinajstić information content (AvgIpc) is 2.59. The van der Waals surface area contributed by atoms with Gasteiger partial charge in [-0.2, -0.15) is 0 Å². The zero-order chi connectivity index (χ0) is 16.5. The number of carbonyl (C=O) groups is 2. The van der Waals surface area contributed by atoms with Crippen molar-refractivity contribution < 1.29 is 19.1 Å². The van der Waals surface area contributed by atoms with Crippen LogP contribution in [0.5, 0.6) is 5.75 Å². The molecular weight excluding hydrogens is 366 g/mol. The van der Waals surface area contributed by atoms with Crippen LogP contribution in [-0.2, 0) is 9.53 Å². The number of aromatic nitrogens is 2. The maximum atomic E-state index is 11.6. The van der Waals surface area contributed by atoms with Gasteiger partial charge in [0.15, 0.2) is 6.61 Å². The standard InChI is InChI=1S/C15H14BrN3O4/c16-11-1-3-12(4-2-11)23-10-14(20)22-8-7-19-15(21)13-9-17-5-6-18-13/h1-6,9H,7-8,10H2,(H,19,21). The van der Waals surface area contributed by atoms with E-state index in [-0.39, 0.29) is 31.4 Å². The van der Waals surface area contributed by atoms with Crippen molar-refractivity contribution in [3.05, 3.63) is 53.0 Å². The third-order valence-electron chi connectivity index (χ3n) is 2.62. The van der Waals surface area contributed by atoms with Crippen molar-refractivity contribution in [1.82, 2.24) is 15.3 Å². The Morgan fingerprint density at radius 2 is 1.96 bits per heavy atom. The molecule has 2 rings (SSSR count). The number of rotatable bonds is 7. The van der Waals surface area contributed by atoms with E-state index in [0.29, 0.717) is 5.75 Å². The summed E-state index contributed by atoms with van der Waals surface area (Å²) < 4.78 is 11.1. The monoisotopic (exact) mass is 379 g/mol. The van der Waals surface area contributed by atoms with Crippen molar-refractivity contribution in [3.8, 4) is 5.75 Å². The van der Waals surface area contributed by atoms with Crippen LogP contribution in [0, 0.1) is 0 Å². The molecule has 0 radical (unpaired) electrons. The Morgan fingerprint density at radius 3 is 2.65 bits per heavy atom. The van der Waals surface area contributed by atoms with Crippen molar-refractivity contribution in [2.75, 3.05) is 19.8 Å². The summed E-state index contributed by atoms with van der Waals surface area (Å²) in [5.74, 6) is -0.317. The lowest BCUT2D eigenvalue weighted by Gasteiger charge is -2.08. The van der Waals surface area contributed by atoms with E-state index in [0.717, 1.165) is 4.47 Å². The van der Waals surface area contributed by atoms with Crippen LogP contribution in [-0.4, -0.2) is 41.6 Å². The van der Waals surface area contributed by atoms with Gasteiger partial charge in [-0.15, -0.1) is 0 Å². The van der Waals surface area contributed by atoms with E-state index in [2.05, 4.69) is 31.2 Å². The highest BCUT2D eigenvalue weighted by atomic mass is 79.9. The van der Waals surface area contributed by atoms with Gasteiger partial charge in [0.1, 0.15) is 18.1 Å². The molecule has 1 heterocycles. The first-order chi connectivity index (χ1) is 11.1. The zero-order valence-corrected chi connectivity index (χ0v) is 13.7. The predicted molar refractivity (Wildman–Crippen MR) is 85.0 cm³/mol. The normalized spacial score (nSPS) is 9.96. The molecule has 0 bridgehead atoms. The molecule has 0 aliphatic rings. The lowest BCUT2D eigenvalue weighted by molar-refractivity contribution is -0.145. The summed E-state index contributed by atoms with van der Waals surface area (Å²) in [7, 11) is 0. The highest BCUT2D eigenvalue weighted by Crippen LogP contribution is 2.15. The minimum atomic E-state index is -0.512. The molecule has 0 unspecified atom stereocenters. The number of halogens is 1. The predicted octanol–water partition coefficient (Wildman–Crippen LogP) is 1.59. The lowest BCUT2D eigenvalue weighted by atomic mass is 10.3. The molecule has 1 N–H and O–H groups in total. The number of nitrogens with one attached hydrogen (secondary N) is 1. The molecule has 8 heteroatoms. The zero-order valence-electron chi connectivity index (χ0n) is 12.1. The number of amides is 1. The van der Waals surface area contributed by atoms with Crippen molar-refractivity contribution in [1.29, 1.82) is 0 Å². The van der Waals surface area contributed by atoms with Crippen molar-refractivity contribution in [3.63, 3.8) is 0 Å². The van der Waals surface area contributed by atoms with E-state index < -0.39 is 5.97 Å². The molecule has 0 fully saturated rings. The molecular formula is C15H14BrN3O4. The largest absolute Gasteiger partial charge is 0.482 e. The average molecular weight is 380 g/mol. The first-order valence-corrected chi connectivity index (χ1v) is 7.52. The van der Waals surface area contributed by atoms with Crippen molar-refractivity contribution >= 4 is 27.8 Å². The number of hydrogen-bond acceptors (Lipinski definition) is 6. The third kappa shape index (κ3) is 6.03. The van der Waals surface area contributed by atoms with Crippen LogP contribution >= 0.6 is 15.9 Å². The van der Waals surface area contributed by atoms with Crippen LogP contribution in [0.4, 0.5) is 0 Å². The Morgan fingerprint density at radius 1 is 1.17 bits per heavy atom. The molecule has 0 aliphatic heterocycles. The van der Waals surface area contributed by atoms with Crippen LogP contribution in [0.1, 0.15) is 10.5 Å². The number of benzene rings is 1. The van der Waals surface area contributed by atoms with Gasteiger partial charge < -0.3 is 14.8 Å². The molecule has 7 nitrogen and oxygen atoms in total. The van der Waals surface area contributed by atoms with Crippen LogP contribution in [0.2, 0.25) is 0 Å². The first-order valence-electron chi connectivity index (χ1n) is 6.73. The highest BCUT2D eigenvalue weighted by Gasteiger charge is 2.07. The number of hydrogen-bond donors (Lipinski definition) is 1. The quantitative estimate of drug-likeness (QED) is 0.580. The van der Waals surface area contributed by atoms with Crippen LogP contribution in [0.15, 0.2) is 47.3 Å². The Balaban J connectivity index is 1.61. The number of carbonyl (C=O) groups excluding carboxylic acids is 2. The molecule has 0 atom stereocenters.